The van der Waals surface area contributed by atoms with Gasteiger partial charge >= 0.3 is 0 Å². The minimum atomic E-state index is 0.110. The fourth-order valence-corrected chi connectivity index (χ4v) is 2.71. The summed E-state index contributed by atoms with van der Waals surface area (Å²) in [7, 11) is 0. The molecule has 3 rings (SSSR count). The minimum absolute atomic E-state index is 0.110. The first kappa shape index (κ1) is 10.5. The Morgan fingerprint density at radius 2 is 2.41 bits per heavy atom. The maximum absolute atomic E-state index is 11.4. The molecule has 85 valence electrons. The molecule has 1 aliphatic rings. The van der Waals surface area contributed by atoms with Crippen molar-refractivity contribution in [3.05, 3.63) is 34.7 Å². The number of amides is 1. The van der Waals surface area contributed by atoms with Gasteiger partial charge in [-0.1, -0.05) is 6.07 Å². The van der Waals surface area contributed by atoms with Crippen LogP contribution in [0.3, 0.4) is 0 Å². The average Bonchev–Trinajstić information content (AvgIpc) is 2.97. The molecule has 0 unspecified atom stereocenters. The fraction of sp³-hybridized carbons (Fsp3) is 0.231. The first-order chi connectivity index (χ1) is 8.25. The van der Waals surface area contributed by atoms with Crippen LogP contribution >= 0.6 is 11.3 Å². The van der Waals surface area contributed by atoms with Gasteiger partial charge in [0.25, 0.3) is 0 Å². The van der Waals surface area contributed by atoms with Crippen molar-refractivity contribution in [1.82, 2.24) is 4.98 Å². The third kappa shape index (κ3) is 1.74. The molecule has 0 atom stereocenters. The number of aromatic nitrogens is 1. The van der Waals surface area contributed by atoms with Crippen molar-refractivity contribution in [2.24, 2.45) is 0 Å². The van der Waals surface area contributed by atoms with E-state index in [0.29, 0.717) is 0 Å². The van der Waals surface area contributed by atoms with Crippen molar-refractivity contribution < 1.29 is 4.79 Å². The summed E-state index contributed by atoms with van der Waals surface area (Å²) >= 11 is 1.47. The number of nitrogens with zero attached hydrogens (tertiary/aromatic N) is 2. The third-order valence-corrected chi connectivity index (χ3v) is 3.58. The Morgan fingerprint density at radius 3 is 3.12 bits per heavy atom. The maximum atomic E-state index is 11.4. The van der Waals surface area contributed by atoms with E-state index in [1.165, 1.54) is 16.9 Å². The SMILES string of the molecule is CC(=O)N1CCc2cc(-c3cs[c]n3)ccc21. The first-order valence-electron chi connectivity index (χ1n) is 5.48. The molecule has 0 aliphatic carbocycles. The number of thiazole rings is 1. The van der Waals surface area contributed by atoms with E-state index in [-0.39, 0.29) is 5.91 Å². The van der Waals surface area contributed by atoms with Gasteiger partial charge in [0.1, 0.15) is 0 Å². The van der Waals surface area contributed by atoms with Crippen LogP contribution in [0, 0.1) is 5.51 Å². The van der Waals surface area contributed by atoms with Crippen molar-refractivity contribution in [3.63, 3.8) is 0 Å². The smallest absolute Gasteiger partial charge is 0.223 e. The molecule has 1 aromatic carbocycles. The van der Waals surface area contributed by atoms with E-state index in [9.17, 15) is 4.79 Å². The molecule has 4 heteroatoms. The highest BCUT2D eigenvalue weighted by Crippen LogP contribution is 2.32. The predicted octanol–water partition coefficient (Wildman–Crippen LogP) is 2.52. The van der Waals surface area contributed by atoms with Crippen LogP contribution in [-0.4, -0.2) is 17.4 Å². The van der Waals surface area contributed by atoms with Crippen LogP contribution in [0.2, 0.25) is 0 Å². The van der Waals surface area contributed by atoms with E-state index in [0.717, 1.165) is 29.9 Å². The van der Waals surface area contributed by atoms with E-state index >= 15 is 0 Å². The molecule has 1 amide bonds. The highest BCUT2D eigenvalue weighted by Gasteiger charge is 2.22. The Balaban J connectivity index is 2.02. The summed E-state index contributed by atoms with van der Waals surface area (Å²) < 4.78 is 0. The molecule has 0 bridgehead atoms. The Morgan fingerprint density at radius 1 is 1.53 bits per heavy atom. The van der Waals surface area contributed by atoms with E-state index in [1.807, 2.05) is 22.4 Å². The molecule has 1 radical (unpaired) electrons. The molecular formula is C13H11N2OS. The second kappa shape index (κ2) is 3.96. The molecule has 0 fully saturated rings. The van der Waals surface area contributed by atoms with E-state index in [4.69, 9.17) is 0 Å². The van der Waals surface area contributed by atoms with E-state index < -0.39 is 0 Å². The number of fused-ring (bicyclic) bond motifs is 1. The number of rotatable bonds is 1. The summed E-state index contributed by atoms with van der Waals surface area (Å²) in [6.07, 6.45) is 0.927. The number of carbonyl (C=O) groups is 1. The number of benzene rings is 1. The van der Waals surface area contributed by atoms with Gasteiger partial charge in [-0.2, -0.15) is 0 Å². The maximum Gasteiger partial charge on any atom is 0.223 e. The quantitative estimate of drug-likeness (QED) is 0.771. The third-order valence-electron chi connectivity index (χ3n) is 3.04. The molecule has 1 aliphatic heterocycles. The van der Waals surface area contributed by atoms with E-state index in [2.05, 4.69) is 16.6 Å². The fourth-order valence-electron chi connectivity index (χ4n) is 2.20. The highest BCUT2D eigenvalue weighted by molar-refractivity contribution is 7.07. The lowest BCUT2D eigenvalue weighted by Gasteiger charge is -2.14. The normalized spacial score (nSPS) is 13.8. The zero-order valence-corrected chi connectivity index (χ0v) is 10.3. The van der Waals surface area contributed by atoms with Crippen molar-refractivity contribution in [2.45, 2.75) is 13.3 Å². The highest BCUT2D eigenvalue weighted by atomic mass is 32.1. The second-order valence-electron chi connectivity index (χ2n) is 4.09. The standard InChI is InChI=1S/C13H11N2OS/c1-9(16)15-5-4-11-6-10(2-3-13(11)15)12-7-17-8-14-12/h2-3,6-7H,4-5H2,1H3. The minimum Gasteiger partial charge on any atom is -0.312 e. The van der Waals surface area contributed by atoms with Crippen molar-refractivity contribution >= 4 is 22.9 Å². The molecule has 0 spiro atoms. The Bertz CT molecular complexity index is 563. The molecule has 0 saturated carbocycles. The van der Waals surface area contributed by atoms with Crippen molar-refractivity contribution in [3.8, 4) is 11.3 Å². The molecule has 2 heterocycles. The monoisotopic (exact) mass is 243 g/mol. The lowest BCUT2D eigenvalue weighted by Crippen LogP contribution is -2.25. The van der Waals surface area contributed by atoms with Gasteiger partial charge in [-0.3, -0.25) is 4.79 Å². The van der Waals surface area contributed by atoms with Crippen LogP contribution in [0.15, 0.2) is 23.6 Å². The van der Waals surface area contributed by atoms with Gasteiger partial charge in [0.05, 0.1) is 5.69 Å². The van der Waals surface area contributed by atoms with Crippen LogP contribution in [0.25, 0.3) is 11.3 Å². The topological polar surface area (TPSA) is 33.2 Å². The van der Waals surface area contributed by atoms with Crippen LogP contribution in [0.4, 0.5) is 5.69 Å². The lowest BCUT2D eigenvalue weighted by molar-refractivity contribution is -0.116. The zero-order chi connectivity index (χ0) is 11.8. The van der Waals surface area contributed by atoms with Crippen LogP contribution < -0.4 is 4.90 Å². The summed E-state index contributed by atoms with van der Waals surface area (Å²) in [5.74, 6) is 0.110. The number of anilines is 1. The average molecular weight is 243 g/mol. The first-order valence-corrected chi connectivity index (χ1v) is 6.36. The van der Waals surface area contributed by atoms with E-state index in [1.54, 1.807) is 6.92 Å². The number of hydrogen-bond acceptors (Lipinski definition) is 3. The number of hydrogen-bond donors (Lipinski definition) is 0. The molecular weight excluding hydrogens is 232 g/mol. The van der Waals surface area contributed by atoms with Crippen molar-refractivity contribution in [1.29, 1.82) is 0 Å². The molecule has 1 aromatic heterocycles. The largest absolute Gasteiger partial charge is 0.312 e. The summed E-state index contributed by atoms with van der Waals surface area (Å²) in [5.41, 5.74) is 7.18. The summed E-state index contributed by atoms with van der Waals surface area (Å²) in [6.45, 7) is 2.40. The summed E-state index contributed by atoms with van der Waals surface area (Å²) in [5, 5.41) is 1.99. The molecule has 3 nitrogen and oxygen atoms in total. The predicted molar refractivity (Wildman–Crippen MR) is 68.1 cm³/mol. The van der Waals surface area contributed by atoms with Gasteiger partial charge in [-0.25, -0.2) is 4.98 Å². The van der Waals surface area contributed by atoms with Gasteiger partial charge in [-0.15, -0.1) is 11.3 Å². The van der Waals surface area contributed by atoms with Gasteiger partial charge in [0.2, 0.25) is 5.91 Å². The van der Waals surface area contributed by atoms with Gasteiger partial charge in [0, 0.05) is 30.1 Å². The van der Waals surface area contributed by atoms with Crippen LogP contribution in [-0.2, 0) is 11.2 Å². The van der Waals surface area contributed by atoms with Gasteiger partial charge < -0.3 is 4.90 Å². The molecule has 0 saturated heterocycles. The Hall–Kier alpha value is -1.68. The summed E-state index contributed by atoms with van der Waals surface area (Å²) in [4.78, 5) is 17.4. The number of carbonyl (C=O) groups excluding carboxylic acids is 1. The van der Waals surface area contributed by atoms with Gasteiger partial charge in [-0.05, 0) is 24.1 Å². The van der Waals surface area contributed by atoms with Crippen LogP contribution in [0.5, 0.6) is 0 Å². The second-order valence-corrected chi connectivity index (χ2v) is 4.74. The Labute approximate surface area is 104 Å². The molecule has 17 heavy (non-hydrogen) atoms. The Kier molecular flexibility index (Phi) is 2.44. The zero-order valence-electron chi connectivity index (χ0n) is 9.43. The lowest BCUT2D eigenvalue weighted by atomic mass is 10.1. The van der Waals surface area contributed by atoms with Crippen molar-refractivity contribution in [2.75, 3.05) is 11.4 Å². The van der Waals surface area contributed by atoms with Crippen LogP contribution in [0.1, 0.15) is 12.5 Å². The molecule has 2 aromatic rings. The summed E-state index contributed by atoms with van der Waals surface area (Å²) in [6, 6.07) is 6.16. The van der Waals surface area contributed by atoms with Gasteiger partial charge in [0.15, 0.2) is 5.51 Å². The molecule has 0 N–H and O–H groups in total.